The van der Waals surface area contributed by atoms with Crippen LogP contribution >= 0.6 is 0 Å². The Hall–Kier alpha value is -2.73. The number of carbonyl (C=O) groups excluding carboxylic acids is 1. The lowest BCUT2D eigenvalue weighted by Crippen LogP contribution is -2.37. The van der Waals surface area contributed by atoms with E-state index in [4.69, 9.17) is 4.52 Å². The number of hydrogen-bond acceptors (Lipinski definition) is 5. The van der Waals surface area contributed by atoms with Gasteiger partial charge < -0.3 is 9.42 Å². The third-order valence-electron chi connectivity index (χ3n) is 6.81. The zero-order valence-corrected chi connectivity index (χ0v) is 18.2. The van der Waals surface area contributed by atoms with Crippen molar-refractivity contribution in [3.8, 4) is 0 Å². The molecule has 31 heavy (non-hydrogen) atoms. The molecular formula is C25H30N4O2. The van der Waals surface area contributed by atoms with Crippen LogP contribution < -0.4 is 0 Å². The van der Waals surface area contributed by atoms with Gasteiger partial charge >= 0.3 is 0 Å². The van der Waals surface area contributed by atoms with E-state index in [1.165, 1.54) is 10.9 Å². The Bertz CT molecular complexity index is 1050. The number of hydrogen-bond donors (Lipinski definition) is 0. The van der Waals surface area contributed by atoms with Crippen molar-refractivity contribution in [2.75, 3.05) is 26.2 Å². The van der Waals surface area contributed by atoms with E-state index in [2.05, 4.69) is 46.2 Å². The van der Waals surface area contributed by atoms with E-state index < -0.39 is 0 Å². The van der Waals surface area contributed by atoms with E-state index in [0.717, 1.165) is 69.6 Å². The van der Waals surface area contributed by atoms with E-state index in [1.807, 2.05) is 23.2 Å². The monoisotopic (exact) mass is 418 g/mol. The molecule has 162 valence electrons. The second-order valence-electron chi connectivity index (χ2n) is 9.20. The van der Waals surface area contributed by atoms with Crippen LogP contribution in [0.3, 0.4) is 0 Å². The number of rotatable bonds is 4. The van der Waals surface area contributed by atoms with Crippen molar-refractivity contribution >= 4 is 16.8 Å². The van der Waals surface area contributed by atoms with E-state index in [0.29, 0.717) is 17.6 Å². The van der Waals surface area contributed by atoms with Crippen molar-refractivity contribution in [3.05, 3.63) is 59.6 Å². The Morgan fingerprint density at radius 3 is 2.87 bits per heavy atom. The van der Waals surface area contributed by atoms with Crippen LogP contribution in [0.4, 0.5) is 0 Å². The molecule has 0 bridgehead atoms. The van der Waals surface area contributed by atoms with E-state index in [-0.39, 0.29) is 5.91 Å². The summed E-state index contributed by atoms with van der Waals surface area (Å²) in [5, 5.41) is 5.48. The lowest BCUT2D eigenvalue weighted by molar-refractivity contribution is 0.0655. The highest BCUT2D eigenvalue weighted by molar-refractivity contribution is 5.91. The SMILES string of the molecule is CC1CCN(C(=O)c2cc([C@@H]3CCCN(Cc4ccc5ncccc5c4)C3)no2)CC1. The zero-order chi connectivity index (χ0) is 21.2. The number of pyridine rings is 1. The molecule has 5 rings (SSSR count). The summed E-state index contributed by atoms with van der Waals surface area (Å²) in [4.78, 5) is 21.6. The Balaban J connectivity index is 1.23. The number of amides is 1. The van der Waals surface area contributed by atoms with Gasteiger partial charge in [0, 0.05) is 49.7 Å². The fourth-order valence-corrected chi connectivity index (χ4v) is 4.87. The van der Waals surface area contributed by atoms with Crippen LogP contribution in [0, 0.1) is 5.92 Å². The number of carbonyl (C=O) groups is 1. The minimum Gasteiger partial charge on any atom is -0.351 e. The number of benzene rings is 1. The van der Waals surface area contributed by atoms with Crippen LogP contribution in [0.15, 0.2) is 47.1 Å². The summed E-state index contributed by atoms with van der Waals surface area (Å²) in [6.07, 6.45) is 6.17. The lowest BCUT2D eigenvalue weighted by Gasteiger charge is -2.31. The highest BCUT2D eigenvalue weighted by atomic mass is 16.5. The molecule has 1 amide bonds. The molecule has 0 spiro atoms. The molecular weight excluding hydrogens is 388 g/mol. The first-order valence-electron chi connectivity index (χ1n) is 11.5. The van der Waals surface area contributed by atoms with Crippen molar-refractivity contribution < 1.29 is 9.32 Å². The number of likely N-dealkylation sites (tertiary alicyclic amines) is 2. The van der Waals surface area contributed by atoms with Gasteiger partial charge in [-0.05, 0) is 61.9 Å². The quantitative estimate of drug-likeness (QED) is 0.625. The van der Waals surface area contributed by atoms with Gasteiger partial charge in [0.25, 0.3) is 5.91 Å². The van der Waals surface area contributed by atoms with Gasteiger partial charge in [-0.15, -0.1) is 0 Å². The summed E-state index contributed by atoms with van der Waals surface area (Å²) in [5.74, 6) is 1.38. The van der Waals surface area contributed by atoms with E-state index in [1.54, 1.807) is 0 Å². The molecule has 6 nitrogen and oxygen atoms in total. The molecule has 6 heteroatoms. The molecule has 4 heterocycles. The van der Waals surface area contributed by atoms with Crippen LogP contribution in [0.2, 0.25) is 0 Å². The summed E-state index contributed by atoms with van der Waals surface area (Å²) in [5.41, 5.74) is 3.25. The van der Waals surface area contributed by atoms with Crippen LogP contribution in [0.5, 0.6) is 0 Å². The van der Waals surface area contributed by atoms with Crippen LogP contribution in [-0.2, 0) is 6.54 Å². The molecule has 0 aliphatic carbocycles. The van der Waals surface area contributed by atoms with Gasteiger partial charge in [0.05, 0.1) is 11.2 Å². The highest BCUT2D eigenvalue weighted by Gasteiger charge is 2.28. The molecule has 2 aliphatic rings. The maximum Gasteiger partial charge on any atom is 0.292 e. The van der Waals surface area contributed by atoms with Crippen molar-refractivity contribution in [1.29, 1.82) is 0 Å². The Morgan fingerprint density at radius 1 is 1.13 bits per heavy atom. The van der Waals surface area contributed by atoms with E-state index in [9.17, 15) is 4.79 Å². The minimum atomic E-state index is -0.0110. The molecule has 0 saturated carbocycles. The third-order valence-corrected chi connectivity index (χ3v) is 6.81. The van der Waals surface area contributed by atoms with E-state index >= 15 is 0 Å². The maximum absolute atomic E-state index is 12.8. The fraction of sp³-hybridized carbons (Fsp3) is 0.480. The number of fused-ring (bicyclic) bond motifs is 1. The largest absolute Gasteiger partial charge is 0.351 e. The topological polar surface area (TPSA) is 62.5 Å². The Labute approximate surface area is 183 Å². The van der Waals surface area contributed by atoms with Gasteiger partial charge in [-0.2, -0.15) is 0 Å². The fourth-order valence-electron chi connectivity index (χ4n) is 4.87. The van der Waals surface area contributed by atoms with Gasteiger partial charge in [-0.3, -0.25) is 14.7 Å². The van der Waals surface area contributed by atoms with Gasteiger partial charge in [0.2, 0.25) is 5.76 Å². The number of nitrogens with zero attached hydrogens (tertiary/aromatic N) is 4. The van der Waals surface area contributed by atoms with Crippen LogP contribution in [-0.4, -0.2) is 52.0 Å². The van der Waals surface area contributed by atoms with Crippen molar-refractivity contribution in [2.45, 2.75) is 45.1 Å². The average Bonchev–Trinajstić information content (AvgIpc) is 3.30. The summed E-state index contributed by atoms with van der Waals surface area (Å²) >= 11 is 0. The third kappa shape index (κ3) is 4.49. The number of aromatic nitrogens is 2. The molecule has 2 aromatic heterocycles. The summed E-state index contributed by atoms with van der Waals surface area (Å²) < 4.78 is 5.49. The Morgan fingerprint density at radius 2 is 2.00 bits per heavy atom. The van der Waals surface area contributed by atoms with Crippen LogP contribution in [0.1, 0.15) is 60.3 Å². The highest BCUT2D eigenvalue weighted by Crippen LogP contribution is 2.28. The minimum absolute atomic E-state index is 0.0110. The lowest BCUT2D eigenvalue weighted by atomic mass is 9.94. The Kier molecular flexibility index (Phi) is 5.72. The molecule has 0 unspecified atom stereocenters. The standard InChI is InChI=1S/C25H30N4O2/c1-18-8-12-29(13-9-18)25(30)24-15-23(27-31-24)21-5-3-11-28(17-21)16-19-6-7-22-20(14-19)4-2-10-26-22/h2,4,6-7,10,14-15,18,21H,3,5,8-9,11-13,16-17H2,1H3/t21-/m1/s1. The van der Waals surface area contributed by atoms with Gasteiger partial charge in [0.1, 0.15) is 0 Å². The van der Waals surface area contributed by atoms with Gasteiger partial charge in [-0.1, -0.05) is 24.2 Å². The maximum atomic E-state index is 12.8. The molecule has 2 fully saturated rings. The molecule has 0 N–H and O–H groups in total. The molecule has 2 aliphatic heterocycles. The second kappa shape index (κ2) is 8.79. The van der Waals surface area contributed by atoms with Gasteiger partial charge in [0.15, 0.2) is 0 Å². The first-order valence-corrected chi connectivity index (χ1v) is 11.5. The summed E-state index contributed by atoms with van der Waals surface area (Å²) in [6.45, 7) is 6.81. The normalized spacial score (nSPS) is 20.9. The molecule has 3 aromatic rings. The first kappa shape index (κ1) is 20.2. The zero-order valence-electron chi connectivity index (χ0n) is 18.2. The van der Waals surface area contributed by atoms with Crippen LogP contribution in [0.25, 0.3) is 10.9 Å². The second-order valence-corrected chi connectivity index (χ2v) is 9.20. The smallest absolute Gasteiger partial charge is 0.292 e. The average molecular weight is 419 g/mol. The molecule has 2 saturated heterocycles. The summed E-state index contributed by atoms with van der Waals surface area (Å²) in [6, 6.07) is 12.5. The first-order chi connectivity index (χ1) is 15.2. The molecule has 1 aromatic carbocycles. The van der Waals surface area contributed by atoms with Gasteiger partial charge in [-0.25, -0.2) is 0 Å². The van der Waals surface area contributed by atoms with Crippen molar-refractivity contribution in [1.82, 2.24) is 19.9 Å². The summed E-state index contributed by atoms with van der Waals surface area (Å²) in [7, 11) is 0. The number of piperidine rings is 2. The molecule has 1 atom stereocenters. The predicted octanol–water partition coefficient (Wildman–Crippen LogP) is 4.47. The van der Waals surface area contributed by atoms with Crippen molar-refractivity contribution in [2.24, 2.45) is 5.92 Å². The molecule has 0 radical (unpaired) electrons. The van der Waals surface area contributed by atoms with Crippen molar-refractivity contribution in [3.63, 3.8) is 0 Å². The predicted molar refractivity (Wildman–Crippen MR) is 120 cm³/mol.